The second-order valence-corrected chi connectivity index (χ2v) is 10.6. The highest BCUT2D eigenvalue weighted by molar-refractivity contribution is 6.04. The Bertz CT molecular complexity index is 1790. The van der Waals surface area contributed by atoms with Crippen molar-refractivity contribution in [2.24, 2.45) is 7.05 Å². The van der Waals surface area contributed by atoms with Crippen LogP contribution in [0.4, 0.5) is 0 Å². The van der Waals surface area contributed by atoms with E-state index in [4.69, 9.17) is 24.1 Å². The Morgan fingerprint density at radius 2 is 1.71 bits per heavy atom. The third-order valence-electron chi connectivity index (χ3n) is 7.48. The molecule has 10 nitrogen and oxygen atoms in total. The summed E-state index contributed by atoms with van der Waals surface area (Å²) < 4.78 is 25.6. The second kappa shape index (κ2) is 10.4. The molecule has 3 aromatic carbocycles. The van der Waals surface area contributed by atoms with Crippen LogP contribution >= 0.6 is 0 Å². The van der Waals surface area contributed by atoms with E-state index in [1.807, 2.05) is 41.0 Å². The van der Waals surface area contributed by atoms with Crippen molar-refractivity contribution < 1.29 is 38.4 Å². The van der Waals surface area contributed by atoms with Crippen LogP contribution in [-0.2, 0) is 30.9 Å². The number of fused-ring (bicyclic) bond motifs is 5. The molecule has 4 aromatic rings. The molecule has 0 spiro atoms. The molecule has 0 saturated carbocycles. The number of carbonyl (C=O) groups excluding carboxylic acids is 2. The number of rotatable bonds is 7. The predicted octanol–water partition coefficient (Wildman–Crippen LogP) is 4.80. The highest BCUT2D eigenvalue weighted by atomic mass is 16.6. The molecule has 5 rings (SSSR count). The van der Waals surface area contributed by atoms with Gasteiger partial charge < -0.3 is 28.6 Å². The average Bonchev–Trinajstić information content (AvgIpc) is 2.94. The fraction of sp³-hybridized carbons (Fsp3) is 0.355. The van der Waals surface area contributed by atoms with E-state index in [2.05, 4.69) is 0 Å². The number of carboxylic acid groups (broad SMARTS) is 1. The summed E-state index contributed by atoms with van der Waals surface area (Å²) in [4.78, 5) is 50.6. The molecule has 0 bridgehead atoms. The normalized spacial score (nSPS) is 17.6. The summed E-state index contributed by atoms with van der Waals surface area (Å²) in [5.41, 5.74) is -0.0819. The minimum atomic E-state index is -1.20. The Morgan fingerprint density at radius 3 is 2.34 bits per heavy atom. The maximum absolute atomic E-state index is 14.1. The molecule has 0 saturated heterocycles. The average molecular weight is 562 g/mol. The Balaban J connectivity index is 1.83. The summed E-state index contributed by atoms with van der Waals surface area (Å²) in [5.74, 6) is -1.89. The highest BCUT2D eigenvalue weighted by Gasteiger charge is 2.50. The topological polar surface area (TPSA) is 130 Å². The fourth-order valence-electron chi connectivity index (χ4n) is 5.48. The molecule has 1 N–H and O–H groups in total. The van der Waals surface area contributed by atoms with Gasteiger partial charge in [-0.25, -0.2) is 0 Å². The molecule has 0 radical (unpaired) electrons. The number of carboxylic acids is 1. The zero-order chi connectivity index (χ0) is 29.6. The molecule has 1 aliphatic rings. The molecule has 0 fully saturated rings. The van der Waals surface area contributed by atoms with Crippen LogP contribution in [0.1, 0.15) is 51.7 Å². The SMILES string of the molecule is CCC(=O)OC1c2c(cc(OC)c3c(=O)c4cc5ccccc5cc4n(C)c23)OC(C)(C)C1OC(=O)CCC(=O)O. The number of hydrogen-bond acceptors (Lipinski definition) is 8. The fourth-order valence-corrected chi connectivity index (χ4v) is 5.48. The Morgan fingerprint density at radius 1 is 1.02 bits per heavy atom. The van der Waals surface area contributed by atoms with Crippen LogP contribution in [0.5, 0.6) is 11.5 Å². The number of benzene rings is 3. The van der Waals surface area contributed by atoms with Gasteiger partial charge in [-0.3, -0.25) is 19.2 Å². The van der Waals surface area contributed by atoms with Gasteiger partial charge in [0.15, 0.2) is 12.2 Å². The molecular formula is C31H31NO9. The van der Waals surface area contributed by atoms with Gasteiger partial charge in [-0.1, -0.05) is 31.2 Å². The van der Waals surface area contributed by atoms with Crippen LogP contribution in [0.2, 0.25) is 0 Å². The first kappa shape index (κ1) is 27.9. The number of aromatic nitrogens is 1. The van der Waals surface area contributed by atoms with Crippen LogP contribution in [0.15, 0.2) is 47.3 Å². The van der Waals surface area contributed by atoms with Crippen LogP contribution in [0.25, 0.3) is 32.6 Å². The first-order valence-corrected chi connectivity index (χ1v) is 13.3. The summed E-state index contributed by atoms with van der Waals surface area (Å²) in [6.45, 7) is 5.00. The van der Waals surface area contributed by atoms with E-state index in [9.17, 15) is 19.2 Å². The van der Waals surface area contributed by atoms with Gasteiger partial charge in [0.2, 0.25) is 5.43 Å². The Hall–Kier alpha value is -4.60. The molecule has 2 atom stereocenters. The zero-order valence-corrected chi connectivity index (χ0v) is 23.5. The molecule has 41 heavy (non-hydrogen) atoms. The molecule has 0 aliphatic carbocycles. The van der Waals surface area contributed by atoms with Crippen molar-refractivity contribution in [2.45, 2.75) is 57.8 Å². The van der Waals surface area contributed by atoms with Crippen molar-refractivity contribution in [3.63, 3.8) is 0 Å². The minimum Gasteiger partial charge on any atom is -0.496 e. The van der Waals surface area contributed by atoms with Crippen LogP contribution in [0, 0.1) is 0 Å². The van der Waals surface area contributed by atoms with Gasteiger partial charge in [0.05, 0.1) is 41.9 Å². The van der Waals surface area contributed by atoms with Crippen molar-refractivity contribution in [1.82, 2.24) is 4.57 Å². The van der Waals surface area contributed by atoms with E-state index < -0.39 is 42.1 Å². The van der Waals surface area contributed by atoms with Gasteiger partial charge in [0.1, 0.15) is 17.1 Å². The van der Waals surface area contributed by atoms with Crippen molar-refractivity contribution in [3.8, 4) is 11.5 Å². The van der Waals surface area contributed by atoms with Gasteiger partial charge in [0, 0.05) is 24.9 Å². The highest BCUT2D eigenvalue weighted by Crippen LogP contribution is 2.49. The van der Waals surface area contributed by atoms with E-state index in [0.29, 0.717) is 27.7 Å². The number of carbonyl (C=O) groups is 3. The maximum atomic E-state index is 14.1. The largest absolute Gasteiger partial charge is 0.496 e. The third-order valence-corrected chi connectivity index (χ3v) is 7.48. The van der Waals surface area contributed by atoms with E-state index >= 15 is 0 Å². The van der Waals surface area contributed by atoms with Crippen molar-refractivity contribution in [3.05, 3.63) is 58.3 Å². The minimum absolute atomic E-state index is 0.0503. The molecule has 0 amide bonds. The number of esters is 2. The smallest absolute Gasteiger partial charge is 0.306 e. The lowest BCUT2D eigenvalue weighted by molar-refractivity contribution is -0.190. The van der Waals surface area contributed by atoms with Crippen LogP contribution in [0.3, 0.4) is 0 Å². The van der Waals surface area contributed by atoms with Crippen LogP contribution < -0.4 is 14.9 Å². The number of pyridine rings is 1. The summed E-state index contributed by atoms with van der Waals surface area (Å²) in [7, 11) is 3.26. The van der Waals surface area contributed by atoms with Gasteiger partial charge >= 0.3 is 17.9 Å². The first-order chi connectivity index (χ1) is 19.5. The monoisotopic (exact) mass is 561 g/mol. The van der Waals surface area contributed by atoms with Crippen molar-refractivity contribution in [2.75, 3.05) is 7.11 Å². The van der Waals surface area contributed by atoms with Gasteiger partial charge in [-0.2, -0.15) is 0 Å². The third kappa shape index (κ3) is 4.83. The molecule has 214 valence electrons. The van der Waals surface area contributed by atoms with E-state index in [0.717, 1.165) is 10.8 Å². The lowest BCUT2D eigenvalue weighted by Gasteiger charge is -2.43. The molecular weight excluding hydrogens is 530 g/mol. The van der Waals surface area contributed by atoms with Gasteiger partial charge in [0.25, 0.3) is 0 Å². The number of methoxy groups -OCH3 is 1. The van der Waals surface area contributed by atoms with Crippen LogP contribution in [-0.4, -0.2) is 46.4 Å². The van der Waals surface area contributed by atoms with Gasteiger partial charge in [-0.15, -0.1) is 0 Å². The number of ether oxygens (including phenoxy) is 4. The van der Waals surface area contributed by atoms with Gasteiger partial charge in [-0.05, 0) is 36.8 Å². The van der Waals surface area contributed by atoms with Crippen molar-refractivity contribution in [1.29, 1.82) is 0 Å². The summed E-state index contributed by atoms with van der Waals surface area (Å²) in [5, 5.41) is 11.6. The molecule has 10 heteroatoms. The molecule has 2 heterocycles. The Kier molecular flexibility index (Phi) is 7.10. The molecule has 1 aromatic heterocycles. The van der Waals surface area contributed by atoms with E-state index in [1.165, 1.54) is 7.11 Å². The first-order valence-electron chi connectivity index (χ1n) is 13.3. The number of aryl methyl sites for hydroxylation is 1. The second-order valence-electron chi connectivity index (χ2n) is 10.6. The predicted molar refractivity (Wildman–Crippen MR) is 151 cm³/mol. The number of nitrogens with zero attached hydrogens (tertiary/aromatic N) is 1. The quantitative estimate of drug-likeness (QED) is 0.250. The maximum Gasteiger partial charge on any atom is 0.306 e. The van der Waals surface area contributed by atoms with E-state index in [-0.39, 0.29) is 29.4 Å². The molecule has 2 unspecified atom stereocenters. The lowest BCUT2D eigenvalue weighted by atomic mass is 9.86. The summed E-state index contributed by atoms with van der Waals surface area (Å²) >= 11 is 0. The van der Waals surface area contributed by atoms with E-state index in [1.54, 1.807) is 33.9 Å². The summed E-state index contributed by atoms with van der Waals surface area (Å²) in [6.07, 6.45) is -3.05. The summed E-state index contributed by atoms with van der Waals surface area (Å²) in [6, 6.07) is 13.0. The van der Waals surface area contributed by atoms with Crippen molar-refractivity contribution >= 4 is 50.5 Å². The standard InChI is InChI=1S/C31H31NO9/c1-6-23(35)39-29-26-21(41-31(2,3)30(29)40-24(36)12-11-22(33)34)15-20(38-5)25-27(26)32(4)19-14-17-10-8-7-9-16(17)13-18(19)28(25)37/h7-10,13-15,29-30H,6,11-12H2,1-5H3,(H,33,34). The number of hydrogen-bond donors (Lipinski definition) is 1. The number of aliphatic carboxylic acids is 1. The zero-order valence-electron chi connectivity index (χ0n) is 23.5. The Labute approximate surface area is 235 Å². The lowest BCUT2D eigenvalue weighted by Crippen LogP contribution is -2.52. The molecule has 1 aliphatic heterocycles.